The lowest BCUT2D eigenvalue weighted by Crippen LogP contribution is -2.07. The molecule has 2 N–H and O–H groups in total. The minimum Gasteiger partial charge on any atom is -0.478 e. The van der Waals surface area contributed by atoms with Gasteiger partial charge in [-0.3, -0.25) is 4.79 Å². The lowest BCUT2D eigenvalue weighted by Gasteiger charge is -2.15. The Morgan fingerprint density at radius 3 is 2.50 bits per heavy atom. The van der Waals surface area contributed by atoms with E-state index in [1.165, 1.54) is 18.2 Å². The first-order valence-electron chi connectivity index (χ1n) is 6.35. The molecule has 0 aliphatic carbocycles. The number of carboxylic acids is 1. The number of ether oxygens (including phenoxy) is 1. The van der Waals surface area contributed by atoms with Crippen LogP contribution < -0.4 is 10.1 Å². The molecule has 0 heterocycles. The molecule has 2 aromatic rings. The van der Waals surface area contributed by atoms with Crippen LogP contribution in [0.4, 0.5) is 18.9 Å². The monoisotopic (exact) mass is 403 g/mol. The number of alkyl halides is 3. The van der Waals surface area contributed by atoms with Crippen molar-refractivity contribution in [1.82, 2.24) is 0 Å². The standard InChI is InChI=1S/C15H9BrF3NO4/c16-13-9(14(22)23)2-1-3-12(13)24-11-5-4-8(15(17,18)19)6-10(11)20-7-21/h1-7H,(H,20,21)(H,22,23). The van der Waals surface area contributed by atoms with E-state index in [0.29, 0.717) is 0 Å². The molecule has 2 aromatic carbocycles. The Labute approximate surface area is 142 Å². The highest BCUT2D eigenvalue weighted by molar-refractivity contribution is 9.10. The molecular weight excluding hydrogens is 395 g/mol. The highest BCUT2D eigenvalue weighted by Gasteiger charge is 2.31. The van der Waals surface area contributed by atoms with Crippen LogP contribution in [-0.4, -0.2) is 17.5 Å². The van der Waals surface area contributed by atoms with Gasteiger partial charge in [0.25, 0.3) is 0 Å². The van der Waals surface area contributed by atoms with Crippen LogP contribution in [0.2, 0.25) is 0 Å². The van der Waals surface area contributed by atoms with E-state index in [0.717, 1.165) is 18.2 Å². The smallest absolute Gasteiger partial charge is 0.416 e. The van der Waals surface area contributed by atoms with Crippen molar-refractivity contribution in [2.75, 3.05) is 5.32 Å². The number of anilines is 1. The molecule has 0 fully saturated rings. The third-order valence-corrected chi connectivity index (χ3v) is 3.75. The van der Waals surface area contributed by atoms with Gasteiger partial charge in [0.1, 0.15) is 5.75 Å². The van der Waals surface area contributed by atoms with Gasteiger partial charge in [-0.25, -0.2) is 4.79 Å². The lowest BCUT2D eigenvalue weighted by molar-refractivity contribution is -0.137. The average molecular weight is 404 g/mol. The Hall–Kier alpha value is -2.55. The molecule has 0 aliphatic heterocycles. The molecule has 0 spiro atoms. The van der Waals surface area contributed by atoms with Gasteiger partial charge in [0.15, 0.2) is 5.75 Å². The molecule has 1 amide bonds. The third kappa shape index (κ3) is 3.85. The van der Waals surface area contributed by atoms with Crippen LogP contribution in [-0.2, 0) is 11.0 Å². The fourth-order valence-corrected chi connectivity index (χ4v) is 2.36. The van der Waals surface area contributed by atoms with Crippen molar-refractivity contribution >= 4 is 34.0 Å². The second kappa shape index (κ2) is 6.91. The van der Waals surface area contributed by atoms with Gasteiger partial charge in [0, 0.05) is 0 Å². The summed E-state index contributed by atoms with van der Waals surface area (Å²) in [5, 5.41) is 11.2. The van der Waals surface area contributed by atoms with Gasteiger partial charge in [-0.05, 0) is 46.3 Å². The number of nitrogens with one attached hydrogen (secondary N) is 1. The van der Waals surface area contributed by atoms with Gasteiger partial charge in [0.2, 0.25) is 6.41 Å². The van der Waals surface area contributed by atoms with Crippen molar-refractivity contribution in [2.24, 2.45) is 0 Å². The molecule has 0 radical (unpaired) electrons. The summed E-state index contributed by atoms with van der Waals surface area (Å²) < 4.78 is 43.8. The zero-order chi connectivity index (χ0) is 17.9. The Morgan fingerprint density at radius 2 is 1.92 bits per heavy atom. The lowest BCUT2D eigenvalue weighted by atomic mass is 10.1. The number of hydrogen-bond acceptors (Lipinski definition) is 3. The normalized spacial score (nSPS) is 11.0. The SMILES string of the molecule is O=CNc1cc(C(F)(F)F)ccc1Oc1cccc(C(=O)O)c1Br. The van der Waals surface area contributed by atoms with Crippen LogP contribution in [0, 0.1) is 0 Å². The molecule has 9 heteroatoms. The number of carbonyl (C=O) groups is 2. The summed E-state index contributed by atoms with van der Waals surface area (Å²) in [6.45, 7) is 0. The van der Waals surface area contributed by atoms with Gasteiger partial charge in [-0.2, -0.15) is 13.2 Å². The number of carbonyl (C=O) groups excluding carboxylic acids is 1. The van der Waals surface area contributed by atoms with Crippen molar-refractivity contribution in [3.8, 4) is 11.5 Å². The zero-order valence-corrected chi connectivity index (χ0v) is 13.3. The van der Waals surface area contributed by atoms with Crippen LogP contribution in [0.3, 0.4) is 0 Å². The van der Waals surface area contributed by atoms with Crippen molar-refractivity contribution < 1.29 is 32.6 Å². The van der Waals surface area contributed by atoms with E-state index < -0.39 is 17.7 Å². The predicted octanol–water partition coefficient (Wildman–Crippen LogP) is 4.53. The van der Waals surface area contributed by atoms with E-state index in [1.54, 1.807) is 0 Å². The average Bonchev–Trinajstić information content (AvgIpc) is 2.49. The molecule has 0 saturated carbocycles. The molecule has 0 saturated heterocycles. The number of halogens is 4. The minimum absolute atomic E-state index is 0.0710. The fraction of sp³-hybridized carbons (Fsp3) is 0.0667. The van der Waals surface area contributed by atoms with E-state index in [-0.39, 0.29) is 33.6 Å². The number of rotatable bonds is 5. The first kappa shape index (κ1) is 17.8. The molecule has 126 valence electrons. The van der Waals surface area contributed by atoms with Crippen LogP contribution in [0.5, 0.6) is 11.5 Å². The highest BCUT2D eigenvalue weighted by atomic mass is 79.9. The van der Waals surface area contributed by atoms with Gasteiger partial charge in [-0.15, -0.1) is 0 Å². The minimum atomic E-state index is -4.58. The maximum atomic E-state index is 12.7. The number of aromatic carboxylic acids is 1. The molecule has 0 unspecified atom stereocenters. The van der Waals surface area contributed by atoms with Gasteiger partial charge in [0.05, 0.1) is 21.3 Å². The van der Waals surface area contributed by atoms with Crippen molar-refractivity contribution in [3.05, 3.63) is 52.0 Å². The quantitative estimate of drug-likeness (QED) is 0.719. The molecule has 0 aliphatic rings. The van der Waals surface area contributed by atoms with Crippen LogP contribution >= 0.6 is 15.9 Å². The Bertz CT molecular complexity index is 793. The van der Waals surface area contributed by atoms with Crippen molar-refractivity contribution in [2.45, 2.75) is 6.18 Å². The summed E-state index contributed by atoms with van der Waals surface area (Å²) >= 11 is 3.07. The van der Waals surface area contributed by atoms with Crippen molar-refractivity contribution in [3.63, 3.8) is 0 Å². The van der Waals surface area contributed by atoms with Crippen LogP contribution in [0.1, 0.15) is 15.9 Å². The van der Waals surface area contributed by atoms with Crippen LogP contribution in [0.15, 0.2) is 40.9 Å². The Morgan fingerprint density at radius 1 is 1.21 bits per heavy atom. The van der Waals surface area contributed by atoms with Crippen molar-refractivity contribution in [1.29, 1.82) is 0 Å². The number of hydrogen-bond donors (Lipinski definition) is 2. The largest absolute Gasteiger partial charge is 0.478 e. The summed E-state index contributed by atoms with van der Waals surface area (Å²) in [5.74, 6) is -1.20. The highest BCUT2D eigenvalue weighted by Crippen LogP contribution is 2.39. The van der Waals surface area contributed by atoms with E-state index in [9.17, 15) is 22.8 Å². The zero-order valence-electron chi connectivity index (χ0n) is 11.7. The Balaban J connectivity index is 2.45. The fourth-order valence-electron chi connectivity index (χ4n) is 1.84. The second-order valence-corrected chi connectivity index (χ2v) is 5.29. The molecule has 0 aromatic heterocycles. The maximum absolute atomic E-state index is 12.7. The van der Waals surface area contributed by atoms with Gasteiger partial charge < -0.3 is 15.2 Å². The third-order valence-electron chi connectivity index (χ3n) is 2.93. The summed E-state index contributed by atoms with van der Waals surface area (Å²) in [7, 11) is 0. The van der Waals surface area contributed by atoms with E-state index >= 15 is 0 Å². The number of carboxylic acid groups (broad SMARTS) is 1. The molecular formula is C15H9BrF3NO4. The number of benzene rings is 2. The molecule has 24 heavy (non-hydrogen) atoms. The first-order chi connectivity index (χ1) is 11.2. The van der Waals surface area contributed by atoms with E-state index in [2.05, 4.69) is 21.2 Å². The second-order valence-electron chi connectivity index (χ2n) is 4.50. The summed E-state index contributed by atoms with van der Waals surface area (Å²) in [4.78, 5) is 21.7. The maximum Gasteiger partial charge on any atom is 0.416 e. The number of amides is 1. The molecule has 0 atom stereocenters. The Kier molecular flexibility index (Phi) is 5.13. The van der Waals surface area contributed by atoms with Gasteiger partial charge in [-0.1, -0.05) is 6.07 Å². The van der Waals surface area contributed by atoms with Crippen LogP contribution in [0.25, 0.3) is 0 Å². The first-order valence-corrected chi connectivity index (χ1v) is 7.14. The molecule has 2 rings (SSSR count). The predicted molar refractivity (Wildman–Crippen MR) is 82.3 cm³/mol. The van der Waals surface area contributed by atoms with E-state index in [4.69, 9.17) is 9.84 Å². The topological polar surface area (TPSA) is 75.6 Å². The molecule has 0 bridgehead atoms. The van der Waals surface area contributed by atoms with Gasteiger partial charge >= 0.3 is 12.1 Å². The summed E-state index contributed by atoms with van der Waals surface area (Å²) in [6.07, 6.45) is -4.37. The summed E-state index contributed by atoms with van der Waals surface area (Å²) in [5.41, 5.74) is -1.24. The summed E-state index contributed by atoms with van der Waals surface area (Å²) in [6, 6.07) is 6.73. The van der Waals surface area contributed by atoms with E-state index in [1.807, 2.05) is 0 Å². The molecule has 5 nitrogen and oxygen atoms in total.